The normalized spacial score (nSPS) is 16.5. The van der Waals surface area contributed by atoms with Gasteiger partial charge in [0.15, 0.2) is 0 Å². The smallest absolute Gasteiger partial charge is 0.320 e. The van der Waals surface area contributed by atoms with Crippen LogP contribution >= 0.6 is 23.5 Å². The van der Waals surface area contributed by atoms with E-state index in [2.05, 4.69) is 5.32 Å². The van der Waals surface area contributed by atoms with E-state index in [1.54, 1.807) is 23.5 Å². The number of carboxylic acid groups (broad SMARTS) is 1. The lowest BCUT2D eigenvalue weighted by Crippen LogP contribution is -2.52. The van der Waals surface area contributed by atoms with E-state index in [1.165, 1.54) is 0 Å². The fourth-order valence-corrected chi connectivity index (χ4v) is 2.23. The summed E-state index contributed by atoms with van der Waals surface area (Å²) in [7, 11) is 0. The van der Waals surface area contributed by atoms with Crippen molar-refractivity contribution in [3.8, 4) is 0 Å². The Balaban J connectivity index is 4.09. The van der Waals surface area contributed by atoms with Crippen molar-refractivity contribution in [2.24, 2.45) is 5.73 Å². The molecule has 17 heavy (non-hydrogen) atoms. The van der Waals surface area contributed by atoms with Crippen LogP contribution in [-0.2, 0) is 4.79 Å². The van der Waals surface area contributed by atoms with Crippen molar-refractivity contribution in [3.63, 3.8) is 0 Å². The number of aliphatic carboxylic acids is 1. The second-order valence-electron chi connectivity index (χ2n) is 3.73. The van der Waals surface area contributed by atoms with E-state index < -0.39 is 24.3 Å². The van der Waals surface area contributed by atoms with Gasteiger partial charge in [0.05, 0.1) is 0 Å². The Morgan fingerprint density at radius 1 is 1.29 bits per heavy atom. The van der Waals surface area contributed by atoms with Gasteiger partial charge in [0.2, 0.25) is 0 Å². The van der Waals surface area contributed by atoms with E-state index in [1.807, 2.05) is 12.5 Å². The maximum atomic E-state index is 10.9. The lowest BCUT2D eigenvalue weighted by molar-refractivity contribution is -0.140. The Morgan fingerprint density at radius 2 is 1.82 bits per heavy atom. The number of carboxylic acids is 1. The highest BCUT2D eigenvalue weighted by atomic mass is 32.2. The molecule has 0 fully saturated rings. The van der Waals surface area contributed by atoms with Crippen molar-refractivity contribution in [2.45, 2.75) is 31.2 Å². The first kappa shape index (κ1) is 17.1. The van der Waals surface area contributed by atoms with Crippen molar-refractivity contribution in [1.82, 2.24) is 5.32 Å². The molecule has 0 saturated carbocycles. The number of hydrogen-bond acceptors (Lipinski definition) is 6. The molecule has 0 radical (unpaired) electrons. The van der Waals surface area contributed by atoms with Crippen molar-refractivity contribution >= 4 is 29.5 Å². The molecule has 0 saturated heterocycles. The zero-order chi connectivity index (χ0) is 13.3. The Hall–Kier alpha value is 0.0500. The molecule has 0 aromatic heterocycles. The zero-order valence-electron chi connectivity index (χ0n) is 10.3. The molecule has 0 aliphatic heterocycles. The number of rotatable bonds is 10. The van der Waals surface area contributed by atoms with Crippen LogP contribution < -0.4 is 11.1 Å². The molecule has 0 spiro atoms. The predicted molar refractivity (Wildman–Crippen MR) is 74.5 cm³/mol. The average Bonchev–Trinajstić information content (AvgIpc) is 2.30. The van der Waals surface area contributed by atoms with Crippen molar-refractivity contribution in [1.29, 1.82) is 0 Å². The molecule has 0 aliphatic rings. The van der Waals surface area contributed by atoms with Gasteiger partial charge in [-0.3, -0.25) is 10.1 Å². The summed E-state index contributed by atoms with van der Waals surface area (Å²) in [6, 6.07) is -1.17. The summed E-state index contributed by atoms with van der Waals surface area (Å²) in [5.74, 6) is 0.634. The Bertz CT molecular complexity index is 220. The Labute approximate surface area is 111 Å². The number of aliphatic hydroxyl groups is 1. The van der Waals surface area contributed by atoms with Crippen LogP contribution in [0.3, 0.4) is 0 Å². The molecule has 0 aromatic rings. The molecule has 0 aliphatic carbocycles. The summed E-state index contributed by atoms with van der Waals surface area (Å²) >= 11 is 3.23. The average molecular weight is 282 g/mol. The maximum Gasteiger partial charge on any atom is 0.320 e. The fraction of sp³-hybridized carbons (Fsp3) is 0.900. The lowest BCUT2D eigenvalue weighted by Gasteiger charge is -2.23. The molecule has 0 aromatic carbocycles. The van der Waals surface area contributed by atoms with E-state index >= 15 is 0 Å². The van der Waals surface area contributed by atoms with E-state index in [0.29, 0.717) is 12.8 Å². The quantitative estimate of drug-likeness (QED) is 0.425. The van der Waals surface area contributed by atoms with Gasteiger partial charge in [0.25, 0.3) is 0 Å². The number of hydrogen-bond donors (Lipinski definition) is 4. The van der Waals surface area contributed by atoms with E-state index in [4.69, 9.17) is 10.8 Å². The van der Waals surface area contributed by atoms with Gasteiger partial charge in [-0.1, -0.05) is 0 Å². The topological polar surface area (TPSA) is 95.6 Å². The first-order valence-electron chi connectivity index (χ1n) is 5.43. The van der Waals surface area contributed by atoms with Gasteiger partial charge < -0.3 is 15.9 Å². The van der Waals surface area contributed by atoms with Crippen LogP contribution in [0.5, 0.6) is 0 Å². The molecule has 0 bridgehead atoms. The highest BCUT2D eigenvalue weighted by molar-refractivity contribution is 7.98. The van der Waals surface area contributed by atoms with Gasteiger partial charge in [-0.25, -0.2) is 0 Å². The number of nitrogens with two attached hydrogens (primary N) is 1. The van der Waals surface area contributed by atoms with Gasteiger partial charge in [-0.15, -0.1) is 0 Å². The standard InChI is InChI=1S/C10H22N2O3S2/c1-16-5-3-7(11)9(13)12-8(10(14)15)4-6-17-2/h7-9,12-13H,3-6,11H2,1-2H3,(H,14,15)/t7?,8-,9?/m0/s1. The third kappa shape index (κ3) is 7.88. The molecule has 0 amide bonds. The van der Waals surface area contributed by atoms with Gasteiger partial charge in [-0.2, -0.15) is 23.5 Å². The molecule has 0 rings (SSSR count). The second-order valence-corrected chi connectivity index (χ2v) is 5.70. The first-order valence-corrected chi connectivity index (χ1v) is 8.22. The van der Waals surface area contributed by atoms with Crippen LogP contribution in [0.1, 0.15) is 12.8 Å². The molecule has 5 N–H and O–H groups in total. The van der Waals surface area contributed by atoms with Crippen molar-refractivity contribution in [3.05, 3.63) is 0 Å². The van der Waals surface area contributed by atoms with Gasteiger partial charge in [0.1, 0.15) is 12.3 Å². The third-order valence-electron chi connectivity index (χ3n) is 2.34. The van der Waals surface area contributed by atoms with Gasteiger partial charge >= 0.3 is 5.97 Å². The predicted octanol–water partition coefficient (Wildman–Crippen LogP) is 0.181. The lowest BCUT2D eigenvalue weighted by atomic mass is 10.1. The first-order chi connectivity index (χ1) is 8.02. The Kier molecular flexibility index (Phi) is 10.0. The minimum Gasteiger partial charge on any atom is -0.480 e. The summed E-state index contributed by atoms with van der Waals surface area (Å²) < 4.78 is 0. The maximum absolute atomic E-state index is 10.9. The highest BCUT2D eigenvalue weighted by Gasteiger charge is 2.23. The monoisotopic (exact) mass is 282 g/mol. The van der Waals surface area contributed by atoms with Crippen molar-refractivity contribution in [2.75, 3.05) is 24.0 Å². The third-order valence-corrected chi connectivity index (χ3v) is 3.63. The van der Waals surface area contributed by atoms with Crippen LogP contribution in [0, 0.1) is 0 Å². The minimum atomic E-state index is -0.967. The number of nitrogens with one attached hydrogen (secondary N) is 1. The van der Waals surface area contributed by atoms with Crippen LogP contribution in [0.15, 0.2) is 0 Å². The Morgan fingerprint density at radius 3 is 2.29 bits per heavy atom. The number of carbonyl (C=O) groups is 1. The number of thioether (sulfide) groups is 2. The van der Waals surface area contributed by atoms with Crippen LogP contribution in [0.4, 0.5) is 0 Å². The molecule has 7 heteroatoms. The number of aliphatic hydroxyl groups excluding tert-OH is 1. The van der Waals surface area contributed by atoms with Crippen LogP contribution in [-0.4, -0.2) is 58.5 Å². The summed E-state index contributed by atoms with van der Waals surface area (Å²) in [6.45, 7) is 0. The summed E-state index contributed by atoms with van der Waals surface area (Å²) in [4.78, 5) is 10.9. The van der Waals surface area contributed by atoms with E-state index in [-0.39, 0.29) is 0 Å². The summed E-state index contributed by atoms with van der Waals surface area (Å²) in [6.07, 6.45) is 4.04. The molecular formula is C10H22N2O3S2. The second kappa shape index (κ2) is 10.0. The molecular weight excluding hydrogens is 260 g/mol. The van der Waals surface area contributed by atoms with Gasteiger partial charge in [-0.05, 0) is 36.9 Å². The molecule has 0 heterocycles. The van der Waals surface area contributed by atoms with Crippen LogP contribution in [0.2, 0.25) is 0 Å². The van der Waals surface area contributed by atoms with E-state index in [9.17, 15) is 9.90 Å². The SMILES string of the molecule is CSCCC(N)C(O)N[C@@H](CCSC)C(=O)O. The minimum absolute atomic E-state index is 0.432. The van der Waals surface area contributed by atoms with Crippen molar-refractivity contribution < 1.29 is 15.0 Å². The fourth-order valence-electron chi connectivity index (χ4n) is 1.26. The van der Waals surface area contributed by atoms with Gasteiger partial charge in [0, 0.05) is 6.04 Å². The largest absolute Gasteiger partial charge is 0.480 e. The molecule has 5 nitrogen and oxygen atoms in total. The molecule has 3 atom stereocenters. The van der Waals surface area contributed by atoms with Crippen LogP contribution in [0.25, 0.3) is 0 Å². The molecule has 2 unspecified atom stereocenters. The van der Waals surface area contributed by atoms with E-state index in [0.717, 1.165) is 11.5 Å². The summed E-state index contributed by atoms with van der Waals surface area (Å²) in [5.41, 5.74) is 5.76. The zero-order valence-corrected chi connectivity index (χ0v) is 11.9. The molecule has 102 valence electrons. The summed E-state index contributed by atoms with van der Waals surface area (Å²) in [5, 5.41) is 21.4. The highest BCUT2D eigenvalue weighted by Crippen LogP contribution is 2.05.